The van der Waals surface area contributed by atoms with Gasteiger partial charge in [0.1, 0.15) is 11.5 Å². The summed E-state index contributed by atoms with van der Waals surface area (Å²) in [5.74, 6) is 1.62. The van der Waals surface area contributed by atoms with E-state index in [0.29, 0.717) is 11.5 Å². The van der Waals surface area contributed by atoms with Gasteiger partial charge in [-0.3, -0.25) is 0 Å². The third kappa shape index (κ3) is 4.88. The lowest BCUT2D eigenvalue weighted by Crippen LogP contribution is -2.20. The van der Waals surface area contributed by atoms with Gasteiger partial charge in [-0.15, -0.1) is 11.8 Å². The molecular weight excluding hydrogens is 404 g/mol. The highest BCUT2D eigenvalue weighted by atomic mass is 32.2. The Labute approximate surface area is 189 Å². The molecule has 4 rings (SSSR count). The van der Waals surface area contributed by atoms with Gasteiger partial charge in [-0.2, -0.15) is 0 Å². The number of hydrogen-bond donors (Lipinski definition) is 2. The molecule has 2 aromatic carbocycles. The molecule has 166 valence electrons. The average Bonchev–Trinajstić information content (AvgIpc) is 2.92. The Morgan fingerprint density at radius 3 is 2.58 bits per heavy atom. The topological polar surface area (TPSA) is 48.6 Å². The fraction of sp³-hybridized carbons (Fsp3) is 0.462. The highest BCUT2D eigenvalue weighted by Crippen LogP contribution is 2.44. The number of nitrogens with zero attached hydrogens (tertiary/aromatic N) is 2. The van der Waals surface area contributed by atoms with Crippen LogP contribution in [0.1, 0.15) is 44.6 Å². The van der Waals surface area contributed by atoms with Crippen LogP contribution in [0.4, 0.5) is 0 Å². The summed E-state index contributed by atoms with van der Waals surface area (Å²) in [7, 11) is 2.23. The van der Waals surface area contributed by atoms with Crippen LogP contribution in [0.5, 0.6) is 11.5 Å². The van der Waals surface area contributed by atoms with Crippen LogP contribution in [0.3, 0.4) is 0 Å². The number of aryl methyl sites for hydroxylation is 2. The van der Waals surface area contributed by atoms with E-state index in [4.69, 9.17) is 0 Å². The fourth-order valence-corrected chi connectivity index (χ4v) is 5.71. The van der Waals surface area contributed by atoms with Crippen LogP contribution in [0, 0.1) is 0 Å². The second-order valence-electron chi connectivity index (χ2n) is 8.68. The number of phenols is 2. The number of benzene rings is 2. The smallest absolute Gasteiger partial charge is 0.116 e. The van der Waals surface area contributed by atoms with E-state index in [1.165, 1.54) is 54.6 Å². The van der Waals surface area contributed by atoms with Crippen molar-refractivity contribution in [1.29, 1.82) is 0 Å². The van der Waals surface area contributed by atoms with Crippen LogP contribution in [0.2, 0.25) is 0 Å². The maximum Gasteiger partial charge on any atom is 0.116 e. The van der Waals surface area contributed by atoms with Crippen molar-refractivity contribution in [3.63, 3.8) is 0 Å². The van der Waals surface area contributed by atoms with Crippen LogP contribution < -0.4 is 0 Å². The first kappa shape index (κ1) is 22.1. The molecule has 3 aromatic rings. The summed E-state index contributed by atoms with van der Waals surface area (Å²) in [5, 5.41) is 21.3. The number of fused-ring (bicyclic) bond motifs is 5. The van der Waals surface area contributed by atoms with Crippen LogP contribution in [0.25, 0.3) is 22.2 Å². The largest absolute Gasteiger partial charge is 0.508 e. The minimum absolute atomic E-state index is 0.321. The maximum absolute atomic E-state index is 10.2. The van der Waals surface area contributed by atoms with Crippen molar-refractivity contribution in [3.8, 4) is 22.8 Å². The molecule has 0 fully saturated rings. The van der Waals surface area contributed by atoms with Crippen LogP contribution >= 0.6 is 11.8 Å². The molecule has 2 N–H and O–H groups in total. The highest BCUT2D eigenvalue weighted by Gasteiger charge is 2.23. The van der Waals surface area contributed by atoms with E-state index in [-0.39, 0.29) is 0 Å². The van der Waals surface area contributed by atoms with Gasteiger partial charge in [0.25, 0.3) is 0 Å². The molecule has 4 nitrogen and oxygen atoms in total. The standard InChI is InChI=1S/C26H34N2O2S/c1-3-4-13-27(2)14-6-5-7-15-28-24-11-9-19(29)17-23(24)21-12-16-31-25-18-20(30)8-10-22(25)26(21)28/h8-11,17-18,29-30H,3-7,12-16H2,1-2H3. The van der Waals surface area contributed by atoms with Gasteiger partial charge in [0, 0.05) is 33.7 Å². The normalized spacial score (nSPS) is 13.4. The van der Waals surface area contributed by atoms with Crippen molar-refractivity contribution >= 4 is 22.7 Å². The van der Waals surface area contributed by atoms with E-state index < -0.39 is 0 Å². The fourth-order valence-electron chi connectivity index (χ4n) is 4.66. The number of hydrogen-bond acceptors (Lipinski definition) is 4. The third-order valence-electron chi connectivity index (χ3n) is 6.30. The molecule has 1 aromatic heterocycles. The van der Waals surface area contributed by atoms with Gasteiger partial charge in [-0.25, -0.2) is 0 Å². The number of rotatable bonds is 9. The lowest BCUT2D eigenvalue weighted by Gasteiger charge is -2.16. The predicted octanol–water partition coefficient (Wildman–Crippen LogP) is 6.27. The minimum atomic E-state index is 0.321. The molecule has 31 heavy (non-hydrogen) atoms. The Hall–Kier alpha value is -2.11. The molecular formula is C26H34N2O2S. The van der Waals surface area contributed by atoms with E-state index in [2.05, 4.69) is 35.6 Å². The average molecular weight is 439 g/mol. The van der Waals surface area contributed by atoms with E-state index in [1.54, 1.807) is 23.9 Å². The van der Waals surface area contributed by atoms with Crippen molar-refractivity contribution in [2.45, 2.75) is 56.9 Å². The molecule has 2 heterocycles. The quantitative estimate of drug-likeness (QED) is 0.387. The first-order valence-corrected chi connectivity index (χ1v) is 12.6. The van der Waals surface area contributed by atoms with Crippen LogP contribution in [0.15, 0.2) is 41.3 Å². The number of phenolic OH excluding ortho intramolecular Hbond substituents is 2. The summed E-state index contributed by atoms with van der Waals surface area (Å²) in [6, 6.07) is 11.5. The number of unbranched alkanes of at least 4 members (excludes halogenated alkanes) is 3. The van der Waals surface area contributed by atoms with Gasteiger partial charge in [0.05, 0.1) is 5.69 Å². The van der Waals surface area contributed by atoms with Gasteiger partial charge in [-0.05, 0) is 87.8 Å². The molecule has 0 amide bonds. The molecule has 0 atom stereocenters. The second kappa shape index (κ2) is 10.0. The van der Waals surface area contributed by atoms with Crippen LogP contribution in [-0.4, -0.2) is 45.6 Å². The van der Waals surface area contributed by atoms with Crippen molar-refractivity contribution in [2.24, 2.45) is 0 Å². The summed E-state index contributed by atoms with van der Waals surface area (Å²) >= 11 is 1.81. The Morgan fingerprint density at radius 2 is 1.74 bits per heavy atom. The Morgan fingerprint density at radius 1 is 0.968 bits per heavy atom. The lowest BCUT2D eigenvalue weighted by molar-refractivity contribution is 0.318. The molecule has 0 radical (unpaired) electrons. The molecule has 0 spiro atoms. The van der Waals surface area contributed by atoms with E-state index >= 15 is 0 Å². The van der Waals surface area contributed by atoms with E-state index in [9.17, 15) is 10.2 Å². The van der Waals surface area contributed by atoms with Gasteiger partial charge in [-0.1, -0.05) is 19.8 Å². The lowest BCUT2D eigenvalue weighted by atomic mass is 10.0. The van der Waals surface area contributed by atoms with Gasteiger partial charge < -0.3 is 19.7 Å². The molecule has 0 saturated carbocycles. The molecule has 0 saturated heterocycles. The first-order chi connectivity index (χ1) is 15.1. The Bertz CT molecular complexity index is 1040. The summed E-state index contributed by atoms with van der Waals surface area (Å²) < 4.78 is 2.45. The minimum Gasteiger partial charge on any atom is -0.508 e. The van der Waals surface area contributed by atoms with E-state index in [1.807, 2.05) is 12.1 Å². The Kier molecular flexibility index (Phi) is 7.13. The zero-order valence-corrected chi connectivity index (χ0v) is 19.5. The highest BCUT2D eigenvalue weighted by molar-refractivity contribution is 7.99. The summed E-state index contributed by atoms with van der Waals surface area (Å²) in [4.78, 5) is 3.59. The molecule has 5 heteroatoms. The van der Waals surface area contributed by atoms with Crippen LogP contribution in [-0.2, 0) is 13.0 Å². The SMILES string of the molecule is CCCCN(C)CCCCCn1c2c(c3cc(O)ccc31)CCSc1cc(O)ccc1-2. The van der Waals surface area contributed by atoms with Gasteiger partial charge in [0.2, 0.25) is 0 Å². The van der Waals surface area contributed by atoms with Gasteiger partial charge in [0.15, 0.2) is 0 Å². The zero-order valence-electron chi connectivity index (χ0n) is 18.7. The van der Waals surface area contributed by atoms with E-state index in [0.717, 1.165) is 42.0 Å². The number of aromatic hydroxyl groups is 2. The van der Waals surface area contributed by atoms with Crippen molar-refractivity contribution in [3.05, 3.63) is 42.0 Å². The first-order valence-electron chi connectivity index (χ1n) is 11.6. The van der Waals surface area contributed by atoms with Gasteiger partial charge >= 0.3 is 0 Å². The number of aromatic nitrogens is 1. The molecule has 1 aliphatic heterocycles. The predicted molar refractivity (Wildman–Crippen MR) is 131 cm³/mol. The van der Waals surface area contributed by atoms with Crippen molar-refractivity contribution < 1.29 is 10.2 Å². The summed E-state index contributed by atoms with van der Waals surface area (Å²) in [6.07, 6.45) is 7.06. The molecule has 0 aliphatic carbocycles. The van der Waals surface area contributed by atoms with Crippen molar-refractivity contribution in [2.75, 3.05) is 25.9 Å². The molecule has 0 bridgehead atoms. The van der Waals surface area contributed by atoms with Crippen molar-refractivity contribution in [1.82, 2.24) is 9.47 Å². The monoisotopic (exact) mass is 438 g/mol. The molecule has 0 unspecified atom stereocenters. The summed E-state index contributed by atoms with van der Waals surface area (Å²) in [5.41, 5.74) is 4.99. The summed E-state index contributed by atoms with van der Waals surface area (Å²) in [6.45, 7) is 5.57. The second-order valence-corrected chi connectivity index (χ2v) is 9.81. The zero-order chi connectivity index (χ0) is 21.8. The number of thioether (sulfide) groups is 1. The maximum atomic E-state index is 10.2. The molecule has 1 aliphatic rings. The third-order valence-corrected chi connectivity index (χ3v) is 7.35. The Balaban J connectivity index is 1.59.